The third kappa shape index (κ3) is 3.62. The van der Waals surface area contributed by atoms with Crippen LogP contribution in [0.2, 0.25) is 0 Å². The molecule has 0 radical (unpaired) electrons. The highest BCUT2D eigenvalue weighted by molar-refractivity contribution is 5.64. The SMILES string of the molecule is N#CCn1cc(-c2ccc(CN)c(OCc3ccccc3)c2)cn1. The summed E-state index contributed by atoms with van der Waals surface area (Å²) in [6.45, 7) is 1.14. The summed E-state index contributed by atoms with van der Waals surface area (Å²) < 4.78 is 7.58. The number of rotatable bonds is 6. The lowest BCUT2D eigenvalue weighted by Crippen LogP contribution is -2.03. The van der Waals surface area contributed by atoms with E-state index in [-0.39, 0.29) is 6.54 Å². The molecule has 1 aromatic heterocycles. The van der Waals surface area contributed by atoms with Crippen molar-refractivity contribution < 1.29 is 4.74 Å². The molecule has 24 heavy (non-hydrogen) atoms. The van der Waals surface area contributed by atoms with Crippen LogP contribution in [0.1, 0.15) is 11.1 Å². The van der Waals surface area contributed by atoms with Crippen LogP contribution in [0.5, 0.6) is 5.75 Å². The molecule has 3 rings (SSSR count). The molecule has 1 heterocycles. The van der Waals surface area contributed by atoms with Gasteiger partial charge in [-0.05, 0) is 17.2 Å². The number of hydrogen-bond donors (Lipinski definition) is 1. The summed E-state index contributed by atoms with van der Waals surface area (Å²) in [5, 5.41) is 12.9. The van der Waals surface area contributed by atoms with E-state index in [4.69, 9.17) is 15.7 Å². The second kappa shape index (κ2) is 7.44. The molecule has 2 N–H and O–H groups in total. The van der Waals surface area contributed by atoms with Gasteiger partial charge in [-0.25, -0.2) is 0 Å². The minimum atomic E-state index is 0.234. The summed E-state index contributed by atoms with van der Waals surface area (Å²) in [5.74, 6) is 0.770. The molecular formula is C19H18N4O. The zero-order valence-corrected chi connectivity index (χ0v) is 13.2. The largest absolute Gasteiger partial charge is 0.489 e. The third-order valence-electron chi connectivity index (χ3n) is 3.72. The number of nitriles is 1. The van der Waals surface area contributed by atoms with Crippen molar-refractivity contribution >= 4 is 0 Å². The van der Waals surface area contributed by atoms with Crippen LogP contribution in [-0.4, -0.2) is 9.78 Å². The van der Waals surface area contributed by atoms with E-state index in [0.717, 1.165) is 28.0 Å². The van der Waals surface area contributed by atoms with Crippen molar-refractivity contribution in [3.63, 3.8) is 0 Å². The molecule has 120 valence electrons. The average Bonchev–Trinajstić information content (AvgIpc) is 3.09. The molecule has 0 fully saturated rings. The molecule has 0 aliphatic rings. The average molecular weight is 318 g/mol. The molecule has 5 nitrogen and oxygen atoms in total. The molecular weight excluding hydrogens is 300 g/mol. The fourth-order valence-electron chi connectivity index (χ4n) is 2.44. The molecule has 0 saturated heterocycles. The lowest BCUT2D eigenvalue weighted by molar-refractivity contribution is 0.303. The predicted octanol–water partition coefficient (Wildman–Crippen LogP) is 3.11. The van der Waals surface area contributed by atoms with Gasteiger partial charge in [-0.3, -0.25) is 4.68 Å². The van der Waals surface area contributed by atoms with Crippen molar-refractivity contribution in [1.82, 2.24) is 9.78 Å². The van der Waals surface area contributed by atoms with Crippen molar-refractivity contribution in [1.29, 1.82) is 5.26 Å². The van der Waals surface area contributed by atoms with Crippen LogP contribution in [-0.2, 0) is 19.7 Å². The van der Waals surface area contributed by atoms with Crippen LogP contribution in [0.25, 0.3) is 11.1 Å². The number of nitrogens with zero attached hydrogens (tertiary/aromatic N) is 3. The number of ether oxygens (including phenoxy) is 1. The van der Waals surface area contributed by atoms with Crippen molar-refractivity contribution in [2.45, 2.75) is 19.7 Å². The molecule has 0 amide bonds. The normalized spacial score (nSPS) is 10.3. The van der Waals surface area contributed by atoms with Crippen LogP contribution < -0.4 is 10.5 Å². The smallest absolute Gasteiger partial charge is 0.128 e. The zero-order valence-electron chi connectivity index (χ0n) is 13.2. The Morgan fingerprint density at radius 3 is 2.71 bits per heavy atom. The zero-order chi connectivity index (χ0) is 16.8. The maximum absolute atomic E-state index is 8.75. The van der Waals surface area contributed by atoms with Crippen LogP contribution in [0.3, 0.4) is 0 Å². The van der Waals surface area contributed by atoms with Crippen LogP contribution in [0, 0.1) is 11.3 Å². The quantitative estimate of drug-likeness (QED) is 0.757. The number of hydrogen-bond acceptors (Lipinski definition) is 4. The molecule has 0 atom stereocenters. The predicted molar refractivity (Wildman–Crippen MR) is 91.9 cm³/mol. The molecule has 2 aromatic carbocycles. The first kappa shape index (κ1) is 15.8. The van der Waals surface area contributed by atoms with Gasteiger partial charge in [0.05, 0.1) is 12.3 Å². The Kier molecular flexibility index (Phi) is 4.90. The van der Waals surface area contributed by atoms with Gasteiger partial charge in [0.1, 0.15) is 18.9 Å². The lowest BCUT2D eigenvalue weighted by Gasteiger charge is -2.12. The second-order valence-electron chi connectivity index (χ2n) is 5.39. The van der Waals surface area contributed by atoms with Gasteiger partial charge >= 0.3 is 0 Å². The van der Waals surface area contributed by atoms with E-state index < -0.39 is 0 Å². The number of aromatic nitrogens is 2. The Balaban J connectivity index is 1.83. The van der Waals surface area contributed by atoms with Gasteiger partial charge in [0.15, 0.2) is 0 Å². The van der Waals surface area contributed by atoms with Crippen LogP contribution in [0.4, 0.5) is 0 Å². The molecule has 0 bridgehead atoms. The topological polar surface area (TPSA) is 76.9 Å². The van der Waals surface area contributed by atoms with Gasteiger partial charge < -0.3 is 10.5 Å². The number of benzene rings is 2. The molecule has 0 aliphatic carbocycles. The van der Waals surface area contributed by atoms with Gasteiger partial charge in [-0.15, -0.1) is 0 Å². The first-order valence-electron chi connectivity index (χ1n) is 7.69. The van der Waals surface area contributed by atoms with E-state index in [2.05, 4.69) is 11.2 Å². The van der Waals surface area contributed by atoms with Gasteiger partial charge in [-0.2, -0.15) is 10.4 Å². The van der Waals surface area contributed by atoms with Crippen molar-refractivity contribution in [3.8, 4) is 22.9 Å². The van der Waals surface area contributed by atoms with E-state index in [0.29, 0.717) is 13.2 Å². The Bertz CT molecular complexity index is 849. The summed E-state index contributed by atoms with van der Waals surface area (Å²) in [7, 11) is 0. The molecule has 0 spiro atoms. The highest BCUT2D eigenvalue weighted by Crippen LogP contribution is 2.27. The van der Waals surface area contributed by atoms with Crippen molar-refractivity contribution in [2.75, 3.05) is 0 Å². The molecule has 3 aromatic rings. The lowest BCUT2D eigenvalue weighted by atomic mass is 10.1. The van der Waals surface area contributed by atoms with Gasteiger partial charge in [0.25, 0.3) is 0 Å². The highest BCUT2D eigenvalue weighted by atomic mass is 16.5. The Hall–Kier alpha value is -3.10. The first-order valence-corrected chi connectivity index (χ1v) is 7.69. The fraction of sp³-hybridized carbons (Fsp3) is 0.158. The van der Waals surface area contributed by atoms with Crippen LogP contribution in [0.15, 0.2) is 60.9 Å². The summed E-state index contributed by atoms with van der Waals surface area (Å²) in [6, 6.07) is 18.0. The Labute approximate surface area is 140 Å². The molecule has 0 saturated carbocycles. The maximum Gasteiger partial charge on any atom is 0.128 e. The molecule has 5 heteroatoms. The highest BCUT2D eigenvalue weighted by Gasteiger charge is 2.08. The van der Waals surface area contributed by atoms with Crippen LogP contribution >= 0.6 is 0 Å². The van der Waals surface area contributed by atoms with E-state index in [1.165, 1.54) is 0 Å². The monoisotopic (exact) mass is 318 g/mol. The van der Waals surface area contributed by atoms with E-state index >= 15 is 0 Å². The standard InChI is InChI=1S/C19H18N4O/c20-8-9-23-13-18(12-22-23)16-6-7-17(11-21)19(10-16)24-14-15-4-2-1-3-5-15/h1-7,10,12-13H,9,11,14,21H2. The second-order valence-corrected chi connectivity index (χ2v) is 5.39. The minimum absolute atomic E-state index is 0.234. The van der Waals surface area contributed by atoms with Gasteiger partial charge in [0, 0.05) is 23.9 Å². The van der Waals surface area contributed by atoms with E-state index in [9.17, 15) is 0 Å². The van der Waals surface area contributed by atoms with Crippen molar-refractivity contribution in [3.05, 3.63) is 72.1 Å². The Morgan fingerprint density at radius 2 is 1.96 bits per heavy atom. The van der Waals surface area contributed by atoms with Gasteiger partial charge in [0.2, 0.25) is 0 Å². The number of nitrogens with two attached hydrogens (primary N) is 1. The first-order chi connectivity index (χ1) is 11.8. The third-order valence-corrected chi connectivity index (χ3v) is 3.72. The summed E-state index contributed by atoms with van der Waals surface area (Å²) in [6.07, 6.45) is 3.59. The summed E-state index contributed by atoms with van der Waals surface area (Å²) in [5.41, 5.74) is 9.81. The fourth-order valence-corrected chi connectivity index (χ4v) is 2.44. The van der Waals surface area contributed by atoms with E-state index in [1.807, 2.05) is 54.7 Å². The Morgan fingerprint density at radius 1 is 1.12 bits per heavy atom. The van der Waals surface area contributed by atoms with Crippen molar-refractivity contribution in [2.24, 2.45) is 5.73 Å². The maximum atomic E-state index is 8.75. The van der Waals surface area contributed by atoms with E-state index in [1.54, 1.807) is 10.9 Å². The molecule has 0 aliphatic heterocycles. The minimum Gasteiger partial charge on any atom is -0.489 e. The summed E-state index contributed by atoms with van der Waals surface area (Å²) in [4.78, 5) is 0. The van der Waals surface area contributed by atoms with Gasteiger partial charge in [-0.1, -0.05) is 42.5 Å². The summed E-state index contributed by atoms with van der Waals surface area (Å²) >= 11 is 0. The molecule has 0 unspecified atom stereocenters.